The lowest BCUT2D eigenvalue weighted by molar-refractivity contribution is -0.0788. The molecule has 0 aliphatic carbocycles. The first-order valence-electron chi connectivity index (χ1n) is 5.22. The monoisotopic (exact) mass is 235 g/mol. The molecule has 6 heteroatoms. The number of rotatable bonds is 7. The highest BCUT2D eigenvalue weighted by Crippen LogP contribution is 2.13. The van der Waals surface area contributed by atoms with Crippen molar-refractivity contribution in [3.63, 3.8) is 0 Å². The SMILES string of the molecule is COCCC[C@@H](C)[C@@H](NC(=O)OC)C(O)O. The summed E-state index contributed by atoms with van der Waals surface area (Å²) < 4.78 is 9.31. The minimum absolute atomic E-state index is 0.0748. The van der Waals surface area contributed by atoms with Gasteiger partial charge >= 0.3 is 6.09 Å². The number of aliphatic hydroxyl groups excluding tert-OH is 1. The Morgan fingerprint density at radius 1 is 1.38 bits per heavy atom. The Bertz CT molecular complexity index is 198. The number of amides is 1. The summed E-state index contributed by atoms with van der Waals surface area (Å²) in [4.78, 5) is 11.0. The molecule has 0 aromatic rings. The molecule has 0 saturated heterocycles. The highest BCUT2D eigenvalue weighted by molar-refractivity contribution is 5.67. The van der Waals surface area contributed by atoms with Gasteiger partial charge in [0.1, 0.15) is 0 Å². The van der Waals surface area contributed by atoms with Gasteiger partial charge in [0.15, 0.2) is 6.29 Å². The number of nitrogens with one attached hydrogen (secondary N) is 1. The average Bonchev–Trinajstić information content (AvgIpc) is 2.25. The molecule has 3 N–H and O–H groups in total. The predicted octanol–water partition coefficient (Wildman–Crippen LogP) is 0.0844. The highest BCUT2D eigenvalue weighted by atomic mass is 16.5. The van der Waals surface area contributed by atoms with E-state index in [0.717, 1.165) is 12.8 Å². The fourth-order valence-corrected chi connectivity index (χ4v) is 1.43. The Morgan fingerprint density at radius 2 is 2.00 bits per heavy atom. The van der Waals surface area contributed by atoms with Crippen molar-refractivity contribution in [2.24, 2.45) is 5.92 Å². The predicted molar refractivity (Wildman–Crippen MR) is 57.8 cm³/mol. The summed E-state index contributed by atoms with van der Waals surface area (Å²) in [7, 11) is 2.83. The van der Waals surface area contributed by atoms with Crippen molar-refractivity contribution in [3.05, 3.63) is 0 Å². The highest BCUT2D eigenvalue weighted by Gasteiger charge is 2.25. The Hall–Kier alpha value is -0.850. The van der Waals surface area contributed by atoms with Crippen LogP contribution in [-0.4, -0.2) is 49.5 Å². The van der Waals surface area contributed by atoms with Crippen molar-refractivity contribution in [2.45, 2.75) is 32.1 Å². The molecule has 6 nitrogen and oxygen atoms in total. The summed E-state index contributed by atoms with van der Waals surface area (Å²) in [6.07, 6.45) is -0.752. The Kier molecular flexibility index (Phi) is 7.88. The van der Waals surface area contributed by atoms with Gasteiger partial charge in [-0.15, -0.1) is 0 Å². The fourth-order valence-electron chi connectivity index (χ4n) is 1.43. The molecular formula is C10H21NO5. The summed E-state index contributed by atoms with van der Waals surface area (Å²) in [5.74, 6) is -0.0748. The van der Waals surface area contributed by atoms with Crippen molar-refractivity contribution in [1.82, 2.24) is 5.32 Å². The van der Waals surface area contributed by atoms with Crippen LogP contribution in [0.5, 0.6) is 0 Å². The third kappa shape index (κ3) is 5.89. The molecule has 0 aliphatic heterocycles. The first-order valence-corrected chi connectivity index (χ1v) is 5.22. The fraction of sp³-hybridized carbons (Fsp3) is 0.900. The Labute approximate surface area is 95.6 Å². The number of alkyl carbamates (subject to hydrolysis) is 1. The summed E-state index contributed by atoms with van der Waals surface area (Å²) in [6, 6.07) is -0.732. The number of hydrogen-bond donors (Lipinski definition) is 3. The second-order valence-corrected chi connectivity index (χ2v) is 3.69. The largest absolute Gasteiger partial charge is 0.453 e. The van der Waals surface area contributed by atoms with Gasteiger partial charge in [-0.1, -0.05) is 6.92 Å². The Balaban J connectivity index is 4.13. The molecule has 0 rings (SSSR count). The maximum Gasteiger partial charge on any atom is 0.407 e. The zero-order valence-corrected chi connectivity index (χ0v) is 9.97. The quantitative estimate of drug-likeness (QED) is 0.430. The minimum atomic E-state index is -1.60. The van der Waals surface area contributed by atoms with Gasteiger partial charge in [-0.3, -0.25) is 0 Å². The van der Waals surface area contributed by atoms with Gasteiger partial charge in [-0.25, -0.2) is 4.79 Å². The van der Waals surface area contributed by atoms with Crippen LogP contribution >= 0.6 is 0 Å². The van der Waals surface area contributed by atoms with Crippen LogP contribution < -0.4 is 5.32 Å². The minimum Gasteiger partial charge on any atom is -0.453 e. The van der Waals surface area contributed by atoms with E-state index in [1.807, 2.05) is 6.92 Å². The van der Waals surface area contributed by atoms with Crippen LogP contribution in [0, 0.1) is 5.92 Å². The number of methoxy groups -OCH3 is 2. The number of ether oxygens (including phenoxy) is 2. The van der Waals surface area contributed by atoms with E-state index in [1.165, 1.54) is 7.11 Å². The molecular weight excluding hydrogens is 214 g/mol. The molecule has 1 amide bonds. The Morgan fingerprint density at radius 3 is 2.44 bits per heavy atom. The summed E-state index contributed by atoms with van der Waals surface area (Å²) in [5.41, 5.74) is 0. The number of hydrogen-bond acceptors (Lipinski definition) is 5. The van der Waals surface area contributed by atoms with Gasteiger partial charge in [0.25, 0.3) is 0 Å². The molecule has 16 heavy (non-hydrogen) atoms. The van der Waals surface area contributed by atoms with Gasteiger partial charge in [0.2, 0.25) is 0 Å². The zero-order chi connectivity index (χ0) is 12.6. The molecule has 0 aromatic carbocycles. The average molecular weight is 235 g/mol. The lowest BCUT2D eigenvalue weighted by Gasteiger charge is -2.25. The van der Waals surface area contributed by atoms with Crippen molar-refractivity contribution >= 4 is 6.09 Å². The van der Waals surface area contributed by atoms with E-state index in [2.05, 4.69) is 10.1 Å². The van der Waals surface area contributed by atoms with E-state index in [0.29, 0.717) is 6.61 Å². The van der Waals surface area contributed by atoms with Crippen molar-refractivity contribution in [1.29, 1.82) is 0 Å². The van der Waals surface area contributed by atoms with Crippen LogP contribution in [0.3, 0.4) is 0 Å². The maximum atomic E-state index is 11.0. The number of carbonyl (C=O) groups excluding carboxylic acids is 1. The molecule has 0 bridgehead atoms. The summed E-state index contributed by atoms with van der Waals surface area (Å²) in [6.45, 7) is 2.44. The molecule has 96 valence electrons. The third-order valence-corrected chi connectivity index (χ3v) is 2.41. The van der Waals surface area contributed by atoms with Crippen LogP contribution in [0.1, 0.15) is 19.8 Å². The number of carbonyl (C=O) groups is 1. The summed E-state index contributed by atoms with van der Waals surface area (Å²) >= 11 is 0. The van der Waals surface area contributed by atoms with Gasteiger partial charge < -0.3 is 25.0 Å². The van der Waals surface area contributed by atoms with Crippen LogP contribution in [-0.2, 0) is 9.47 Å². The van der Waals surface area contributed by atoms with Gasteiger partial charge in [0, 0.05) is 13.7 Å². The molecule has 0 aliphatic rings. The van der Waals surface area contributed by atoms with Crippen LogP contribution in [0.25, 0.3) is 0 Å². The molecule has 0 aromatic heterocycles. The molecule has 0 unspecified atom stereocenters. The summed E-state index contributed by atoms with van der Waals surface area (Å²) in [5, 5.41) is 20.7. The second-order valence-electron chi connectivity index (χ2n) is 3.69. The smallest absolute Gasteiger partial charge is 0.407 e. The second kappa shape index (κ2) is 8.32. The van der Waals surface area contributed by atoms with Crippen LogP contribution in [0.2, 0.25) is 0 Å². The van der Waals surface area contributed by atoms with E-state index in [-0.39, 0.29) is 5.92 Å². The van der Waals surface area contributed by atoms with Gasteiger partial charge in [-0.05, 0) is 18.8 Å². The lowest BCUT2D eigenvalue weighted by Crippen LogP contribution is -2.47. The van der Waals surface area contributed by atoms with Gasteiger partial charge in [-0.2, -0.15) is 0 Å². The first-order chi connectivity index (χ1) is 7.52. The molecule has 0 heterocycles. The first kappa shape index (κ1) is 15.2. The van der Waals surface area contributed by atoms with Crippen molar-refractivity contribution in [3.8, 4) is 0 Å². The van der Waals surface area contributed by atoms with Crippen molar-refractivity contribution < 1.29 is 24.5 Å². The van der Waals surface area contributed by atoms with Crippen molar-refractivity contribution in [2.75, 3.05) is 20.8 Å². The normalized spacial score (nSPS) is 14.6. The molecule has 0 spiro atoms. The molecule has 0 saturated carbocycles. The third-order valence-electron chi connectivity index (χ3n) is 2.41. The van der Waals surface area contributed by atoms with E-state index < -0.39 is 18.4 Å². The van der Waals surface area contributed by atoms with E-state index in [1.54, 1.807) is 7.11 Å². The lowest BCUT2D eigenvalue weighted by atomic mass is 9.96. The van der Waals surface area contributed by atoms with E-state index >= 15 is 0 Å². The number of aliphatic hydroxyl groups is 2. The standard InChI is InChI=1S/C10H21NO5/c1-7(5-4-6-15-2)8(9(12)13)11-10(14)16-3/h7-9,12-13H,4-6H2,1-3H3,(H,11,14)/t7-,8-/m1/s1. The molecule has 0 fully saturated rings. The van der Waals surface area contributed by atoms with Crippen LogP contribution in [0.15, 0.2) is 0 Å². The van der Waals surface area contributed by atoms with Gasteiger partial charge in [0.05, 0.1) is 13.2 Å². The van der Waals surface area contributed by atoms with E-state index in [9.17, 15) is 4.79 Å². The van der Waals surface area contributed by atoms with Crippen LogP contribution in [0.4, 0.5) is 4.79 Å². The van der Waals surface area contributed by atoms with E-state index in [4.69, 9.17) is 14.9 Å². The molecule has 2 atom stereocenters. The molecule has 0 radical (unpaired) electrons. The zero-order valence-electron chi connectivity index (χ0n) is 9.97. The topological polar surface area (TPSA) is 88.0 Å². The maximum absolute atomic E-state index is 11.0.